The standard InChI is InChI=1S/C8H5Cl2N3/c1-2-5-3-11-13-4-6(9)12-8(10)7(5)13/h2-4H,1H2. The summed E-state index contributed by atoms with van der Waals surface area (Å²) in [6.07, 6.45) is 4.92. The average Bonchev–Trinajstić information content (AvgIpc) is 2.47. The molecule has 0 bridgehead atoms. The summed E-state index contributed by atoms with van der Waals surface area (Å²) in [5, 5.41) is 4.70. The highest BCUT2D eigenvalue weighted by Gasteiger charge is 2.07. The van der Waals surface area contributed by atoms with E-state index in [0.29, 0.717) is 10.3 Å². The average molecular weight is 214 g/mol. The van der Waals surface area contributed by atoms with Crippen molar-refractivity contribution in [1.82, 2.24) is 14.6 Å². The molecule has 0 atom stereocenters. The Labute approximate surface area is 84.6 Å². The monoisotopic (exact) mass is 213 g/mol. The second-order valence-electron chi connectivity index (χ2n) is 2.45. The van der Waals surface area contributed by atoms with Gasteiger partial charge in [-0.15, -0.1) is 0 Å². The lowest BCUT2D eigenvalue weighted by molar-refractivity contribution is 0.946. The van der Waals surface area contributed by atoms with Crippen LogP contribution in [0.1, 0.15) is 5.56 Å². The summed E-state index contributed by atoms with van der Waals surface area (Å²) < 4.78 is 1.58. The van der Waals surface area contributed by atoms with E-state index in [2.05, 4.69) is 16.7 Å². The third-order valence-corrected chi connectivity index (χ3v) is 2.12. The Kier molecular flexibility index (Phi) is 1.98. The molecule has 0 aliphatic rings. The molecule has 0 unspecified atom stereocenters. The molecule has 2 heterocycles. The van der Waals surface area contributed by atoms with E-state index in [1.807, 2.05) is 0 Å². The van der Waals surface area contributed by atoms with Crippen LogP contribution in [0.4, 0.5) is 0 Å². The Hall–Kier alpha value is -1.06. The van der Waals surface area contributed by atoms with Gasteiger partial charge >= 0.3 is 0 Å². The van der Waals surface area contributed by atoms with Crippen molar-refractivity contribution in [3.8, 4) is 0 Å². The molecule has 2 aromatic rings. The van der Waals surface area contributed by atoms with Crippen molar-refractivity contribution in [3.63, 3.8) is 0 Å². The SMILES string of the molecule is C=Cc1cnn2cc(Cl)nc(Cl)c12. The Morgan fingerprint density at radius 3 is 2.92 bits per heavy atom. The molecule has 66 valence electrons. The highest BCUT2D eigenvalue weighted by Crippen LogP contribution is 2.21. The quantitative estimate of drug-likeness (QED) is 0.730. The smallest absolute Gasteiger partial charge is 0.157 e. The summed E-state index contributed by atoms with van der Waals surface area (Å²) in [4.78, 5) is 3.90. The first-order valence-electron chi connectivity index (χ1n) is 3.54. The fourth-order valence-electron chi connectivity index (χ4n) is 1.11. The molecule has 0 spiro atoms. The maximum atomic E-state index is 5.88. The predicted octanol–water partition coefficient (Wildman–Crippen LogP) is 2.68. The summed E-state index contributed by atoms with van der Waals surface area (Å²) in [5.74, 6) is 0. The number of aromatic nitrogens is 3. The van der Waals surface area contributed by atoms with Crippen LogP contribution >= 0.6 is 23.2 Å². The molecule has 0 saturated carbocycles. The van der Waals surface area contributed by atoms with Crippen molar-refractivity contribution in [1.29, 1.82) is 0 Å². The maximum absolute atomic E-state index is 5.88. The molecule has 0 N–H and O–H groups in total. The molecule has 0 aromatic carbocycles. The largest absolute Gasteiger partial charge is 0.234 e. The molecule has 0 saturated heterocycles. The molecular weight excluding hydrogens is 209 g/mol. The van der Waals surface area contributed by atoms with E-state index in [0.717, 1.165) is 11.1 Å². The Balaban J connectivity index is 2.89. The van der Waals surface area contributed by atoms with Crippen LogP contribution in [0.2, 0.25) is 10.3 Å². The van der Waals surface area contributed by atoms with Gasteiger partial charge in [0.25, 0.3) is 0 Å². The van der Waals surface area contributed by atoms with Gasteiger partial charge in [-0.1, -0.05) is 35.9 Å². The topological polar surface area (TPSA) is 30.2 Å². The zero-order valence-electron chi connectivity index (χ0n) is 6.54. The molecule has 0 radical (unpaired) electrons. The predicted molar refractivity (Wildman–Crippen MR) is 53.1 cm³/mol. The van der Waals surface area contributed by atoms with Gasteiger partial charge in [0.05, 0.1) is 12.4 Å². The summed E-state index contributed by atoms with van der Waals surface area (Å²) >= 11 is 11.6. The zero-order chi connectivity index (χ0) is 9.42. The summed E-state index contributed by atoms with van der Waals surface area (Å²) in [7, 11) is 0. The molecule has 0 fully saturated rings. The number of halogens is 2. The molecule has 13 heavy (non-hydrogen) atoms. The minimum absolute atomic E-state index is 0.316. The Morgan fingerprint density at radius 2 is 2.23 bits per heavy atom. The van der Waals surface area contributed by atoms with Crippen molar-refractivity contribution < 1.29 is 0 Å². The van der Waals surface area contributed by atoms with E-state index in [9.17, 15) is 0 Å². The van der Waals surface area contributed by atoms with Gasteiger partial charge in [0.2, 0.25) is 0 Å². The number of hydrogen-bond acceptors (Lipinski definition) is 2. The normalized spacial score (nSPS) is 10.6. The van der Waals surface area contributed by atoms with Crippen LogP contribution in [0.25, 0.3) is 11.6 Å². The summed E-state index contributed by atoms with van der Waals surface area (Å²) in [6.45, 7) is 3.64. The summed E-state index contributed by atoms with van der Waals surface area (Å²) in [5.41, 5.74) is 1.57. The molecule has 0 amide bonds. The van der Waals surface area contributed by atoms with Crippen molar-refractivity contribution in [2.75, 3.05) is 0 Å². The van der Waals surface area contributed by atoms with E-state index < -0.39 is 0 Å². The van der Waals surface area contributed by atoms with Crippen molar-refractivity contribution in [3.05, 3.63) is 34.8 Å². The zero-order valence-corrected chi connectivity index (χ0v) is 8.05. The molecule has 0 aliphatic heterocycles. The van der Waals surface area contributed by atoms with E-state index >= 15 is 0 Å². The first-order chi connectivity index (χ1) is 6.22. The number of fused-ring (bicyclic) bond motifs is 1. The molecule has 3 nitrogen and oxygen atoms in total. The van der Waals surface area contributed by atoms with Gasteiger partial charge in [0.15, 0.2) is 5.15 Å². The van der Waals surface area contributed by atoms with Crippen molar-refractivity contribution >= 4 is 34.8 Å². The molecule has 5 heteroatoms. The third-order valence-electron chi connectivity index (χ3n) is 1.67. The minimum Gasteiger partial charge on any atom is -0.234 e. The number of nitrogens with zero attached hydrogens (tertiary/aromatic N) is 3. The summed E-state index contributed by atoms with van der Waals surface area (Å²) in [6, 6.07) is 0. The van der Waals surface area contributed by atoms with Crippen molar-refractivity contribution in [2.24, 2.45) is 0 Å². The van der Waals surface area contributed by atoms with Crippen LogP contribution < -0.4 is 0 Å². The Morgan fingerprint density at radius 1 is 1.46 bits per heavy atom. The lowest BCUT2D eigenvalue weighted by Gasteiger charge is -1.97. The highest BCUT2D eigenvalue weighted by molar-refractivity contribution is 6.34. The van der Waals surface area contributed by atoms with Crippen LogP contribution in [0.3, 0.4) is 0 Å². The van der Waals surface area contributed by atoms with E-state index in [1.165, 1.54) is 0 Å². The van der Waals surface area contributed by atoms with Gasteiger partial charge in [0, 0.05) is 5.56 Å². The molecule has 2 rings (SSSR count). The van der Waals surface area contributed by atoms with E-state index in [1.54, 1.807) is 23.0 Å². The fourth-order valence-corrected chi connectivity index (χ4v) is 1.62. The van der Waals surface area contributed by atoms with Crippen molar-refractivity contribution in [2.45, 2.75) is 0 Å². The Bertz CT molecular complexity index is 475. The molecule has 2 aromatic heterocycles. The van der Waals surface area contributed by atoms with E-state index in [4.69, 9.17) is 23.2 Å². The van der Waals surface area contributed by atoms with Crippen LogP contribution in [0.5, 0.6) is 0 Å². The van der Waals surface area contributed by atoms with Gasteiger partial charge in [-0.05, 0) is 0 Å². The second-order valence-corrected chi connectivity index (χ2v) is 3.20. The van der Waals surface area contributed by atoms with Gasteiger partial charge in [0.1, 0.15) is 10.7 Å². The van der Waals surface area contributed by atoms with Crippen LogP contribution in [0.15, 0.2) is 19.0 Å². The van der Waals surface area contributed by atoms with Gasteiger partial charge in [-0.2, -0.15) is 5.10 Å². The minimum atomic E-state index is 0.316. The van der Waals surface area contributed by atoms with Gasteiger partial charge in [-0.25, -0.2) is 9.50 Å². The number of rotatable bonds is 1. The first kappa shape index (κ1) is 8.53. The molecular formula is C8H5Cl2N3. The van der Waals surface area contributed by atoms with Crippen LogP contribution in [0, 0.1) is 0 Å². The number of hydrogen-bond donors (Lipinski definition) is 0. The van der Waals surface area contributed by atoms with Crippen LogP contribution in [-0.4, -0.2) is 14.6 Å². The highest BCUT2D eigenvalue weighted by atomic mass is 35.5. The third kappa shape index (κ3) is 1.30. The lowest BCUT2D eigenvalue weighted by atomic mass is 10.3. The van der Waals surface area contributed by atoms with Gasteiger partial charge < -0.3 is 0 Å². The van der Waals surface area contributed by atoms with Gasteiger partial charge in [-0.3, -0.25) is 0 Å². The fraction of sp³-hybridized carbons (Fsp3) is 0. The first-order valence-corrected chi connectivity index (χ1v) is 4.30. The van der Waals surface area contributed by atoms with E-state index in [-0.39, 0.29) is 0 Å². The lowest BCUT2D eigenvalue weighted by Crippen LogP contribution is -1.90. The molecule has 0 aliphatic carbocycles. The second kappa shape index (κ2) is 3.01. The maximum Gasteiger partial charge on any atom is 0.157 e. The van der Waals surface area contributed by atoms with Crippen LogP contribution in [-0.2, 0) is 0 Å².